The van der Waals surface area contributed by atoms with Crippen LogP contribution in [0.2, 0.25) is 0 Å². The van der Waals surface area contributed by atoms with Crippen LogP contribution in [-0.4, -0.2) is 44.9 Å². The Morgan fingerprint density at radius 2 is 1.67 bits per heavy atom. The first-order valence-electron chi connectivity index (χ1n) is 10.3. The standard InChI is InChI=1S/C25H25NO6S/c1-18-9-14-21(15-10-18)33(29,30)26(23(25(28)32-3)17-24(27)31-2)22(20-12-13-20)16-11-19-7-5-4-6-8-19/h4-10,14-15,17,20,22H,12-13H2,1-3H3/b23-17+. The summed E-state index contributed by atoms with van der Waals surface area (Å²) in [6, 6.07) is 14.5. The zero-order chi connectivity index (χ0) is 24.0. The zero-order valence-electron chi connectivity index (χ0n) is 18.6. The third-order valence-corrected chi connectivity index (χ3v) is 6.93. The molecule has 33 heavy (non-hydrogen) atoms. The van der Waals surface area contributed by atoms with E-state index in [1.807, 2.05) is 25.1 Å². The lowest BCUT2D eigenvalue weighted by atomic mass is 10.1. The Balaban J connectivity index is 2.21. The minimum absolute atomic E-state index is 0.0278. The van der Waals surface area contributed by atoms with E-state index in [0.29, 0.717) is 5.56 Å². The number of benzene rings is 2. The van der Waals surface area contributed by atoms with Crippen LogP contribution in [0.1, 0.15) is 24.0 Å². The number of aryl methyl sites for hydroxylation is 1. The Morgan fingerprint density at radius 3 is 2.21 bits per heavy atom. The largest absolute Gasteiger partial charge is 0.466 e. The van der Waals surface area contributed by atoms with Gasteiger partial charge in [-0.25, -0.2) is 22.3 Å². The van der Waals surface area contributed by atoms with Gasteiger partial charge in [0.1, 0.15) is 11.7 Å². The van der Waals surface area contributed by atoms with Gasteiger partial charge < -0.3 is 9.47 Å². The molecule has 0 aromatic heterocycles. The van der Waals surface area contributed by atoms with Crippen molar-refractivity contribution in [1.82, 2.24) is 4.31 Å². The highest BCUT2D eigenvalue weighted by Crippen LogP contribution is 2.39. The van der Waals surface area contributed by atoms with Crippen LogP contribution in [0.5, 0.6) is 0 Å². The summed E-state index contributed by atoms with van der Waals surface area (Å²) in [5.41, 5.74) is 1.12. The minimum Gasteiger partial charge on any atom is -0.466 e. The lowest BCUT2D eigenvalue weighted by Gasteiger charge is -2.30. The molecule has 0 bridgehead atoms. The molecular weight excluding hydrogens is 442 g/mol. The molecule has 172 valence electrons. The van der Waals surface area contributed by atoms with Gasteiger partial charge in [-0.15, -0.1) is 0 Å². The summed E-state index contributed by atoms with van der Waals surface area (Å²) in [5, 5.41) is 0. The van der Waals surface area contributed by atoms with E-state index in [1.54, 1.807) is 24.3 Å². The highest BCUT2D eigenvalue weighted by Gasteiger charge is 2.43. The predicted octanol–water partition coefficient (Wildman–Crippen LogP) is 3.05. The summed E-state index contributed by atoms with van der Waals surface area (Å²) >= 11 is 0. The number of esters is 2. The van der Waals surface area contributed by atoms with Gasteiger partial charge in [-0.05, 0) is 49.9 Å². The van der Waals surface area contributed by atoms with Gasteiger partial charge in [-0.1, -0.05) is 47.7 Å². The van der Waals surface area contributed by atoms with E-state index in [9.17, 15) is 18.0 Å². The van der Waals surface area contributed by atoms with Crippen molar-refractivity contribution in [2.75, 3.05) is 14.2 Å². The Kier molecular flexibility index (Phi) is 7.56. The molecule has 7 nitrogen and oxygen atoms in total. The van der Waals surface area contributed by atoms with Crippen molar-refractivity contribution in [2.45, 2.75) is 30.7 Å². The average molecular weight is 468 g/mol. The summed E-state index contributed by atoms with van der Waals surface area (Å²) in [7, 11) is -2.02. The maximum absolute atomic E-state index is 13.8. The summed E-state index contributed by atoms with van der Waals surface area (Å²) < 4.78 is 38.0. The van der Waals surface area contributed by atoms with Crippen molar-refractivity contribution in [1.29, 1.82) is 0 Å². The van der Waals surface area contributed by atoms with Crippen LogP contribution in [0.3, 0.4) is 0 Å². The summed E-state index contributed by atoms with van der Waals surface area (Å²) in [6.45, 7) is 1.84. The molecule has 1 atom stereocenters. The molecule has 1 saturated carbocycles. The van der Waals surface area contributed by atoms with Gasteiger partial charge in [-0.3, -0.25) is 0 Å². The zero-order valence-corrected chi connectivity index (χ0v) is 19.5. The second-order valence-corrected chi connectivity index (χ2v) is 9.39. The highest BCUT2D eigenvalue weighted by atomic mass is 32.2. The average Bonchev–Trinajstić information content (AvgIpc) is 3.66. The molecule has 8 heteroatoms. The maximum Gasteiger partial charge on any atom is 0.355 e. The second-order valence-electron chi connectivity index (χ2n) is 7.58. The molecule has 0 N–H and O–H groups in total. The van der Waals surface area contributed by atoms with E-state index in [0.717, 1.165) is 43.0 Å². The van der Waals surface area contributed by atoms with Crippen molar-refractivity contribution in [3.63, 3.8) is 0 Å². The molecular formula is C25H25NO6S. The van der Waals surface area contributed by atoms with Gasteiger partial charge in [-0.2, -0.15) is 0 Å². The van der Waals surface area contributed by atoms with E-state index < -0.39 is 33.7 Å². The number of rotatable bonds is 7. The fourth-order valence-corrected chi connectivity index (χ4v) is 4.82. The molecule has 3 rings (SSSR count). The molecule has 0 aliphatic heterocycles. The number of methoxy groups -OCH3 is 2. The predicted molar refractivity (Wildman–Crippen MR) is 122 cm³/mol. The van der Waals surface area contributed by atoms with E-state index >= 15 is 0 Å². The molecule has 1 unspecified atom stereocenters. The monoisotopic (exact) mass is 467 g/mol. The molecule has 0 saturated heterocycles. The molecule has 2 aromatic carbocycles. The van der Waals surface area contributed by atoms with Crippen LogP contribution in [0.25, 0.3) is 0 Å². The van der Waals surface area contributed by atoms with Gasteiger partial charge in [0.05, 0.1) is 25.2 Å². The fourth-order valence-electron chi connectivity index (χ4n) is 3.20. The summed E-state index contributed by atoms with van der Waals surface area (Å²) in [6.07, 6.45) is 2.30. The summed E-state index contributed by atoms with van der Waals surface area (Å²) in [4.78, 5) is 24.8. The van der Waals surface area contributed by atoms with Crippen LogP contribution in [0, 0.1) is 24.7 Å². The Hall–Kier alpha value is -3.57. The van der Waals surface area contributed by atoms with Crippen molar-refractivity contribution < 1.29 is 27.5 Å². The first-order valence-corrected chi connectivity index (χ1v) is 11.8. The number of ether oxygens (including phenoxy) is 2. The van der Waals surface area contributed by atoms with Crippen molar-refractivity contribution in [3.8, 4) is 11.8 Å². The van der Waals surface area contributed by atoms with E-state index in [2.05, 4.69) is 16.6 Å². The molecule has 0 heterocycles. The van der Waals surface area contributed by atoms with Crippen LogP contribution >= 0.6 is 0 Å². The number of hydrogen-bond donors (Lipinski definition) is 0. The lowest BCUT2D eigenvalue weighted by molar-refractivity contribution is -0.139. The fraction of sp³-hybridized carbons (Fsp3) is 0.280. The number of carbonyl (C=O) groups excluding carboxylic acids is 2. The number of carbonyl (C=O) groups is 2. The van der Waals surface area contributed by atoms with Crippen LogP contribution in [0.4, 0.5) is 0 Å². The van der Waals surface area contributed by atoms with Gasteiger partial charge in [0.2, 0.25) is 0 Å². The van der Waals surface area contributed by atoms with Gasteiger partial charge in [0.15, 0.2) is 0 Å². The second kappa shape index (κ2) is 10.4. The van der Waals surface area contributed by atoms with Gasteiger partial charge in [0.25, 0.3) is 10.0 Å². The molecule has 2 aromatic rings. The molecule has 1 aliphatic carbocycles. The Bertz CT molecular complexity index is 1200. The van der Waals surface area contributed by atoms with Crippen LogP contribution < -0.4 is 0 Å². The van der Waals surface area contributed by atoms with Crippen LogP contribution in [0.15, 0.2) is 71.3 Å². The smallest absolute Gasteiger partial charge is 0.355 e. The Morgan fingerprint density at radius 1 is 1.03 bits per heavy atom. The third kappa shape index (κ3) is 5.82. The third-order valence-electron chi connectivity index (χ3n) is 5.12. The number of hydrogen-bond acceptors (Lipinski definition) is 6. The quantitative estimate of drug-likeness (QED) is 0.353. The molecule has 0 amide bonds. The van der Waals surface area contributed by atoms with Gasteiger partial charge in [0, 0.05) is 5.56 Å². The van der Waals surface area contributed by atoms with Crippen molar-refractivity contribution >= 4 is 22.0 Å². The lowest BCUT2D eigenvalue weighted by Crippen LogP contribution is -2.43. The van der Waals surface area contributed by atoms with E-state index in [4.69, 9.17) is 4.74 Å². The molecule has 1 aliphatic rings. The molecule has 1 fully saturated rings. The van der Waals surface area contributed by atoms with Crippen LogP contribution in [-0.2, 0) is 29.1 Å². The summed E-state index contributed by atoms with van der Waals surface area (Å²) in [5.74, 6) is 4.07. The highest BCUT2D eigenvalue weighted by molar-refractivity contribution is 7.89. The Labute approximate surface area is 194 Å². The topological polar surface area (TPSA) is 90.0 Å². The van der Waals surface area contributed by atoms with Crippen molar-refractivity contribution in [3.05, 3.63) is 77.5 Å². The van der Waals surface area contributed by atoms with E-state index in [-0.39, 0.29) is 10.8 Å². The van der Waals surface area contributed by atoms with Gasteiger partial charge >= 0.3 is 11.9 Å². The molecule has 0 spiro atoms. The number of nitrogens with zero attached hydrogens (tertiary/aromatic N) is 1. The maximum atomic E-state index is 13.8. The first kappa shape index (κ1) is 24.1. The number of sulfonamides is 1. The minimum atomic E-state index is -4.28. The van der Waals surface area contributed by atoms with E-state index in [1.165, 1.54) is 12.1 Å². The SMILES string of the molecule is COC(=O)/C=C(\C(=O)OC)N(C(C#Cc1ccccc1)C1CC1)S(=O)(=O)c1ccc(C)cc1. The first-order chi connectivity index (χ1) is 15.8. The normalized spacial score (nSPS) is 14.5. The van der Waals surface area contributed by atoms with Crippen molar-refractivity contribution in [2.24, 2.45) is 5.92 Å². The molecule has 0 radical (unpaired) electrons.